The van der Waals surface area contributed by atoms with Crippen molar-refractivity contribution >= 4 is 11.0 Å². The molecular formula is C18H18O3. The highest BCUT2D eigenvalue weighted by molar-refractivity contribution is 5.80. The van der Waals surface area contributed by atoms with Crippen molar-refractivity contribution in [1.29, 1.82) is 0 Å². The lowest BCUT2D eigenvalue weighted by atomic mass is 10.0. The van der Waals surface area contributed by atoms with E-state index in [1.165, 1.54) is 0 Å². The van der Waals surface area contributed by atoms with E-state index >= 15 is 0 Å². The Labute approximate surface area is 123 Å². The number of para-hydroxylation sites is 2. The van der Waals surface area contributed by atoms with Gasteiger partial charge in [-0.15, -0.1) is 0 Å². The van der Waals surface area contributed by atoms with Crippen molar-refractivity contribution in [2.24, 2.45) is 0 Å². The summed E-state index contributed by atoms with van der Waals surface area (Å²) in [5.74, 6) is 1.37. The van der Waals surface area contributed by atoms with E-state index in [-0.39, 0.29) is 0 Å². The third kappa shape index (κ3) is 2.65. The number of methoxy groups -OCH3 is 1. The van der Waals surface area contributed by atoms with Gasteiger partial charge in [0.15, 0.2) is 0 Å². The minimum atomic E-state index is -0.687. The Morgan fingerprint density at radius 1 is 1.14 bits per heavy atom. The van der Waals surface area contributed by atoms with Crippen LogP contribution in [-0.2, 0) is 6.42 Å². The number of aliphatic hydroxyl groups is 1. The molecule has 0 saturated heterocycles. The Balaban J connectivity index is 1.90. The van der Waals surface area contributed by atoms with Gasteiger partial charge in [-0.1, -0.05) is 36.4 Å². The molecule has 0 radical (unpaired) electrons. The zero-order chi connectivity index (χ0) is 14.8. The largest absolute Gasteiger partial charge is 0.496 e. The molecule has 1 unspecified atom stereocenters. The van der Waals surface area contributed by atoms with E-state index in [0.29, 0.717) is 12.2 Å². The summed E-state index contributed by atoms with van der Waals surface area (Å²) in [6.45, 7) is 2.00. The van der Waals surface area contributed by atoms with E-state index in [0.717, 1.165) is 27.8 Å². The van der Waals surface area contributed by atoms with Gasteiger partial charge in [0.2, 0.25) is 0 Å². The molecule has 1 aromatic heterocycles. The van der Waals surface area contributed by atoms with Crippen LogP contribution in [-0.4, -0.2) is 12.2 Å². The van der Waals surface area contributed by atoms with E-state index in [1.54, 1.807) is 7.11 Å². The molecule has 0 amide bonds. The second-order valence-corrected chi connectivity index (χ2v) is 5.17. The molecule has 0 aliphatic carbocycles. The van der Waals surface area contributed by atoms with Crippen molar-refractivity contribution < 1.29 is 14.3 Å². The maximum atomic E-state index is 10.4. The number of aryl methyl sites for hydroxylation is 1. The normalized spacial score (nSPS) is 12.5. The van der Waals surface area contributed by atoms with Crippen LogP contribution in [0.1, 0.15) is 23.0 Å². The molecule has 3 aromatic rings. The molecule has 1 N–H and O–H groups in total. The Morgan fingerprint density at radius 3 is 2.71 bits per heavy atom. The number of furan rings is 1. The third-order valence-corrected chi connectivity index (χ3v) is 3.69. The van der Waals surface area contributed by atoms with E-state index < -0.39 is 6.10 Å². The lowest BCUT2D eigenvalue weighted by molar-refractivity contribution is 0.151. The molecule has 0 aliphatic heterocycles. The summed E-state index contributed by atoms with van der Waals surface area (Å²) in [4.78, 5) is 0. The van der Waals surface area contributed by atoms with Gasteiger partial charge < -0.3 is 14.3 Å². The van der Waals surface area contributed by atoms with Gasteiger partial charge in [0.1, 0.15) is 23.2 Å². The van der Waals surface area contributed by atoms with Crippen LogP contribution in [0, 0.1) is 6.92 Å². The number of benzene rings is 2. The van der Waals surface area contributed by atoms with Gasteiger partial charge in [0.25, 0.3) is 0 Å². The van der Waals surface area contributed by atoms with Crippen molar-refractivity contribution in [2.75, 3.05) is 7.11 Å². The van der Waals surface area contributed by atoms with Crippen molar-refractivity contribution in [1.82, 2.24) is 0 Å². The molecule has 21 heavy (non-hydrogen) atoms. The van der Waals surface area contributed by atoms with Crippen LogP contribution < -0.4 is 4.74 Å². The Morgan fingerprint density at radius 2 is 1.95 bits per heavy atom. The number of fused-ring (bicyclic) bond motifs is 1. The smallest absolute Gasteiger partial charge is 0.137 e. The topological polar surface area (TPSA) is 42.6 Å². The Hall–Kier alpha value is -2.26. The molecule has 0 spiro atoms. The zero-order valence-electron chi connectivity index (χ0n) is 12.2. The molecule has 108 valence electrons. The average Bonchev–Trinajstić information content (AvgIpc) is 2.93. The Bertz CT molecular complexity index is 758. The highest BCUT2D eigenvalue weighted by Crippen LogP contribution is 2.30. The average molecular weight is 282 g/mol. The first kappa shape index (κ1) is 13.7. The fourth-order valence-corrected chi connectivity index (χ4v) is 2.57. The Kier molecular flexibility index (Phi) is 3.67. The quantitative estimate of drug-likeness (QED) is 0.785. The molecule has 3 heteroatoms. The molecule has 0 aliphatic rings. The fourth-order valence-electron chi connectivity index (χ4n) is 2.57. The van der Waals surface area contributed by atoms with E-state index in [4.69, 9.17) is 9.15 Å². The predicted molar refractivity (Wildman–Crippen MR) is 82.6 cm³/mol. The van der Waals surface area contributed by atoms with E-state index in [1.807, 2.05) is 55.5 Å². The van der Waals surface area contributed by atoms with Crippen LogP contribution >= 0.6 is 0 Å². The van der Waals surface area contributed by atoms with Crippen LogP contribution in [0.25, 0.3) is 11.0 Å². The molecule has 1 atom stereocenters. The first-order chi connectivity index (χ1) is 10.2. The van der Waals surface area contributed by atoms with E-state index in [9.17, 15) is 5.11 Å². The summed E-state index contributed by atoms with van der Waals surface area (Å²) in [6, 6.07) is 15.6. The van der Waals surface area contributed by atoms with Gasteiger partial charge in [-0.3, -0.25) is 0 Å². The van der Waals surface area contributed by atoms with Gasteiger partial charge in [0.05, 0.1) is 7.11 Å². The van der Waals surface area contributed by atoms with Gasteiger partial charge >= 0.3 is 0 Å². The van der Waals surface area contributed by atoms with Crippen LogP contribution in [0.2, 0.25) is 0 Å². The molecular weight excluding hydrogens is 264 g/mol. The first-order valence-electron chi connectivity index (χ1n) is 6.98. The van der Waals surface area contributed by atoms with Gasteiger partial charge in [0, 0.05) is 11.8 Å². The molecule has 0 bridgehead atoms. The maximum absolute atomic E-state index is 10.4. The summed E-state index contributed by atoms with van der Waals surface area (Å²) in [5, 5.41) is 11.5. The number of hydrogen-bond donors (Lipinski definition) is 1. The minimum Gasteiger partial charge on any atom is -0.496 e. The fraction of sp³-hybridized carbons (Fsp3) is 0.222. The van der Waals surface area contributed by atoms with Crippen molar-refractivity contribution in [3.63, 3.8) is 0 Å². The molecule has 1 heterocycles. The molecule has 2 aromatic carbocycles. The maximum Gasteiger partial charge on any atom is 0.137 e. The molecule has 3 nitrogen and oxygen atoms in total. The second kappa shape index (κ2) is 5.62. The van der Waals surface area contributed by atoms with Crippen LogP contribution in [0.5, 0.6) is 5.75 Å². The summed E-state index contributed by atoms with van der Waals surface area (Å²) < 4.78 is 11.1. The summed E-state index contributed by atoms with van der Waals surface area (Å²) in [7, 11) is 1.63. The highest BCUT2D eigenvalue weighted by atomic mass is 16.5. The van der Waals surface area contributed by atoms with Crippen molar-refractivity contribution in [3.8, 4) is 5.75 Å². The van der Waals surface area contributed by atoms with Crippen molar-refractivity contribution in [3.05, 3.63) is 65.4 Å². The lowest BCUT2D eigenvalue weighted by Gasteiger charge is -2.11. The molecule has 0 saturated carbocycles. The minimum absolute atomic E-state index is 0.461. The number of ether oxygens (including phenoxy) is 1. The van der Waals surface area contributed by atoms with Gasteiger partial charge in [-0.2, -0.15) is 0 Å². The zero-order valence-corrected chi connectivity index (χ0v) is 12.2. The number of hydrogen-bond acceptors (Lipinski definition) is 3. The SMILES string of the molecule is COc1ccccc1CC(O)c1cc2cccc(C)c2o1. The summed E-state index contributed by atoms with van der Waals surface area (Å²) >= 11 is 0. The lowest BCUT2D eigenvalue weighted by Crippen LogP contribution is -2.02. The van der Waals surface area contributed by atoms with Gasteiger partial charge in [-0.25, -0.2) is 0 Å². The van der Waals surface area contributed by atoms with Crippen molar-refractivity contribution in [2.45, 2.75) is 19.4 Å². The first-order valence-corrected chi connectivity index (χ1v) is 6.98. The second-order valence-electron chi connectivity index (χ2n) is 5.17. The van der Waals surface area contributed by atoms with Crippen LogP contribution in [0.4, 0.5) is 0 Å². The van der Waals surface area contributed by atoms with E-state index in [2.05, 4.69) is 0 Å². The molecule has 0 fully saturated rings. The van der Waals surface area contributed by atoms with Crippen LogP contribution in [0.15, 0.2) is 52.9 Å². The predicted octanol–water partition coefficient (Wildman–Crippen LogP) is 4.03. The van der Waals surface area contributed by atoms with Gasteiger partial charge in [-0.05, 0) is 30.2 Å². The highest BCUT2D eigenvalue weighted by Gasteiger charge is 2.16. The summed E-state index contributed by atoms with van der Waals surface area (Å²) in [5.41, 5.74) is 2.87. The van der Waals surface area contributed by atoms with Crippen LogP contribution in [0.3, 0.4) is 0 Å². The number of aliphatic hydroxyl groups excluding tert-OH is 1. The third-order valence-electron chi connectivity index (χ3n) is 3.69. The number of rotatable bonds is 4. The standard InChI is InChI=1S/C18H18O3/c1-12-6-5-8-14-11-17(21-18(12)14)15(19)10-13-7-3-4-9-16(13)20-2/h3-9,11,15,19H,10H2,1-2H3. The molecule has 3 rings (SSSR count). The monoisotopic (exact) mass is 282 g/mol. The summed E-state index contributed by atoms with van der Waals surface area (Å²) in [6.07, 6.45) is -0.226.